The van der Waals surface area contributed by atoms with Crippen LogP contribution in [0.1, 0.15) is 26.2 Å². The van der Waals surface area contributed by atoms with Crippen LogP contribution in [0.15, 0.2) is 18.5 Å². The maximum Gasteiger partial charge on any atom is 0.227 e. The predicted octanol–water partition coefficient (Wildman–Crippen LogP) is 0.101. The Morgan fingerprint density at radius 2 is 1.81 bits per heavy atom. The monoisotopic (exact) mass is 360 g/mol. The van der Waals surface area contributed by atoms with Gasteiger partial charge in [-0.05, 0) is 25.3 Å². The van der Waals surface area contributed by atoms with Crippen molar-refractivity contribution in [1.82, 2.24) is 19.8 Å². The van der Waals surface area contributed by atoms with Crippen molar-refractivity contribution in [3.05, 3.63) is 18.5 Å². The smallest absolute Gasteiger partial charge is 0.227 e. The van der Waals surface area contributed by atoms with Gasteiger partial charge in [0.1, 0.15) is 0 Å². The van der Waals surface area contributed by atoms with Crippen LogP contribution in [0.2, 0.25) is 0 Å². The number of carbonyl (C=O) groups excluding carboxylic acids is 2. The van der Waals surface area contributed by atoms with E-state index in [0.29, 0.717) is 25.6 Å². The van der Waals surface area contributed by atoms with E-state index >= 15 is 0 Å². The molecular formula is C18H28N6O2. The zero-order chi connectivity index (χ0) is 18.5. The molecule has 2 N–H and O–H groups in total. The third-order valence-electron chi connectivity index (χ3n) is 5.22. The molecule has 0 unspecified atom stereocenters. The van der Waals surface area contributed by atoms with Gasteiger partial charge < -0.3 is 20.4 Å². The fourth-order valence-electron chi connectivity index (χ4n) is 3.73. The van der Waals surface area contributed by atoms with E-state index in [2.05, 4.69) is 14.9 Å². The van der Waals surface area contributed by atoms with Crippen molar-refractivity contribution in [2.75, 3.05) is 44.2 Å². The lowest BCUT2D eigenvalue weighted by Gasteiger charge is -2.28. The quantitative estimate of drug-likeness (QED) is 0.804. The molecule has 2 amide bonds. The first-order valence-electron chi connectivity index (χ1n) is 9.36. The molecule has 0 aromatic carbocycles. The second-order valence-corrected chi connectivity index (χ2v) is 7.17. The van der Waals surface area contributed by atoms with Gasteiger partial charge in [-0.1, -0.05) is 0 Å². The number of amides is 2. The maximum atomic E-state index is 13.1. The standard InChI is InChI=1S/C18H28N6O2/c1-14(25)24-12-15(4-5-16(19)13-24)17(26)22-8-3-9-23(11-10-22)18-20-6-2-7-21-18/h2,6-7,15-16H,3-5,8-13,19H2,1H3/t15-,16+/m1/s1. The normalized spacial score (nSPS) is 24.8. The number of likely N-dealkylation sites (tertiary alicyclic amines) is 1. The fourth-order valence-corrected chi connectivity index (χ4v) is 3.73. The Bertz CT molecular complexity index is 625. The number of carbonyl (C=O) groups is 2. The summed E-state index contributed by atoms with van der Waals surface area (Å²) in [5, 5.41) is 0. The van der Waals surface area contributed by atoms with Gasteiger partial charge in [0.05, 0.1) is 5.92 Å². The number of hydrogen-bond acceptors (Lipinski definition) is 6. The first-order chi connectivity index (χ1) is 12.5. The molecule has 2 aliphatic heterocycles. The lowest BCUT2D eigenvalue weighted by Crippen LogP contribution is -2.44. The van der Waals surface area contributed by atoms with E-state index in [1.54, 1.807) is 30.3 Å². The Labute approximate surface area is 154 Å². The maximum absolute atomic E-state index is 13.1. The number of aromatic nitrogens is 2. The van der Waals surface area contributed by atoms with Crippen LogP contribution in [-0.2, 0) is 9.59 Å². The zero-order valence-electron chi connectivity index (χ0n) is 15.4. The number of anilines is 1. The molecule has 3 rings (SSSR count). The van der Waals surface area contributed by atoms with E-state index in [-0.39, 0.29) is 23.8 Å². The summed E-state index contributed by atoms with van der Waals surface area (Å²) in [6, 6.07) is 1.75. The average molecular weight is 360 g/mol. The molecule has 2 aliphatic rings. The van der Waals surface area contributed by atoms with Gasteiger partial charge in [0.2, 0.25) is 17.8 Å². The lowest BCUT2D eigenvalue weighted by molar-refractivity contribution is -0.137. The Morgan fingerprint density at radius 1 is 1.04 bits per heavy atom. The van der Waals surface area contributed by atoms with E-state index in [9.17, 15) is 9.59 Å². The number of hydrogen-bond donors (Lipinski definition) is 1. The molecule has 0 bridgehead atoms. The topological polar surface area (TPSA) is 95.7 Å². The number of rotatable bonds is 2. The highest BCUT2D eigenvalue weighted by molar-refractivity contribution is 5.80. The second-order valence-electron chi connectivity index (χ2n) is 7.17. The predicted molar refractivity (Wildman–Crippen MR) is 98.4 cm³/mol. The van der Waals surface area contributed by atoms with Crippen LogP contribution >= 0.6 is 0 Å². The summed E-state index contributed by atoms with van der Waals surface area (Å²) in [4.78, 5) is 39.3. The van der Waals surface area contributed by atoms with Crippen molar-refractivity contribution in [2.24, 2.45) is 11.7 Å². The van der Waals surface area contributed by atoms with Gasteiger partial charge in [-0.2, -0.15) is 0 Å². The minimum atomic E-state index is -0.160. The summed E-state index contributed by atoms with van der Waals surface area (Å²) in [6.07, 6.45) is 5.87. The Morgan fingerprint density at radius 3 is 2.54 bits per heavy atom. The van der Waals surface area contributed by atoms with E-state index in [1.165, 1.54) is 0 Å². The molecular weight excluding hydrogens is 332 g/mol. The minimum Gasteiger partial charge on any atom is -0.341 e. The van der Waals surface area contributed by atoms with Crippen LogP contribution in [0.25, 0.3) is 0 Å². The number of nitrogens with zero attached hydrogens (tertiary/aromatic N) is 5. The first-order valence-corrected chi connectivity index (χ1v) is 9.36. The van der Waals surface area contributed by atoms with E-state index in [0.717, 1.165) is 38.9 Å². The summed E-state index contributed by atoms with van der Waals surface area (Å²) in [5.74, 6) is 0.682. The highest BCUT2D eigenvalue weighted by Crippen LogP contribution is 2.20. The average Bonchev–Trinajstić information content (AvgIpc) is 3.00. The molecule has 8 nitrogen and oxygen atoms in total. The zero-order valence-corrected chi connectivity index (χ0v) is 15.4. The van der Waals surface area contributed by atoms with E-state index in [4.69, 9.17) is 5.73 Å². The van der Waals surface area contributed by atoms with Gasteiger partial charge in [0.15, 0.2) is 0 Å². The molecule has 0 spiro atoms. The first kappa shape index (κ1) is 18.6. The van der Waals surface area contributed by atoms with Gasteiger partial charge in [-0.25, -0.2) is 9.97 Å². The molecule has 0 radical (unpaired) electrons. The van der Waals surface area contributed by atoms with Crippen molar-refractivity contribution >= 4 is 17.8 Å². The second kappa shape index (κ2) is 8.44. The van der Waals surface area contributed by atoms with E-state index < -0.39 is 0 Å². The lowest BCUT2D eigenvalue weighted by atomic mass is 10.0. The third-order valence-corrected chi connectivity index (χ3v) is 5.22. The summed E-state index contributed by atoms with van der Waals surface area (Å²) < 4.78 is 0. The van der Waals surface area contributed by atoms with Crippen LogP contribution in [0, 0.1) is 5.92 Å². The van der Waals surface area contributed by atoms with Crippen molar-refractivity contribution in [1.29, 1.82) is 0 Å². The molecule has 26 heavy (non-hydrogen) atoms. The van der Waals surface area contributed by atoms with Crippen LogP contribution < -0.4 is 10.6 Å². The molecule has 2 atom stereocenters. The van der Waals surface area contributed by atoms with Crippen LogP contribution in [0.4, 0.5) is 5.95 Å². The Kier molecular flexibility index (Phi) is 6.03. The molecule has 1 aromatic rings. The summed E-state index contributed by atoms with van der Waals surface area (Å²) in [6.45, 7) is 5.50. The largest absolute Gasteiger partial charge is 0.341 e. The van der Waals surface area contributed by atoms with Crippen molar-refractivity contribution in [3.63, 3.8) is 0 Å². The molecule has 8 heteroatoms. The van der Waals surface area contributed by atoms with Crippen LogP contribution in [0.5, 0.6) is 0 Å². The SMILES string of the molecule is CC(=O)N1C[C@@H](N)CC[C@@H](C(=O)N2CCCN(c3ncccn3)CC2)C1. The third kappa shape index (κ3) is 4.49. The summed E-state index contributed by atoms with van der Waals surface area (Å²) in [5.41, 5.74) is 6.07. The van der Waals surface area contributed by atoms with E-state index in [1.807, 2.05) is 4.90 Å². The summed E-state index contributed by atoms with van der Waals surface area (Å²) in [7, 11) is 0. The van der Waals surface area contributed by atoms with Crippen LogP contribution in [-0.4, -0.2) is 76.9 Å². The molecule has 0 aliphatic carbocycles. The molecule has 2 saturated heterocycles. The molecule has 142 valence electrons. The van der Waals surface area contributed by atoms with Crippen molar-refractivity contribution in [3.8, 4) is 0 Å². The highest BCUT2D eigenvalue weighted by Gasteiger charge is 2.32. The van der Waals surface area contributed by atoms with Gasteiger partial charge in [-0.15, -0.1) is 0 Å². The highest BCUT2D eigenvalue weighted by atomic mass is 16.2. The summed E-state index contributed by atoms with van der Waals surface area (Å²) >= 11 is 0. The van der Waals surface area contributed by atoms with Crippen molar-refractivity contribution < 1.29 is 9.59 Å². The van der Waals surface area contributed by atoms with Crippen LogP contribution in [0.3, 0.4) is 0 Å². The minimum absolute atomic E-state index is 0.0107. The van der Waals surface area contributed by atoms with Gasteiger partial charge in [-0.3, -0.25) is 9.59 Å². The molecule has 0 saturated carbocycles. The Balaban J connectivity index is 1.63. The number of nitrogens with two attached hydrogens (primary N) is 1. The van der Waals surface area contributed by atoms with Gasteiger partial charge >= 0.3 is 0 Å². The molecule has 3 heterocycles. The Hall–Kier alpha value is -2.22. The molecule has 2 fully saturated rings. The van der Waals surface area contributed by atoms with Gasteiger partial charge in [0.25, 0.3) is 0 Å². The van der Waals surface area contributed by atoms with Crippen molar-refractivity contribution in [2.45, 2.75) is 32.2 Å². The van der Waals surface area contributed by atoms with Gasteiger partial charge in [0, 0.05) is 64.6 Å². The molecule has 1 aromatic heterocycles. The fraction of sp³-hybridized carbons (Fsp3) is 0.667.